The maximum Gasteiger partial charge on any atom is 0.307 e. The molecule has 0 aromatic heterocycles. The van der Waals surface area contributed by atoms with E-state index in [4.69, 9.17) is 4.74 Å². The van der Waals surface area contributed by atoms with Gasteiger partial charge >= 0.3 is 5.97 Å². The molecule has 1 aliphatic heterocycles. The predicted molar refractivity (Wildman–Crippen MR) is 101 cm³/mol. The summed E-state index contributed by atoms with van der Waals surface area (Å²) in [6, 6.07) is 11.9. The van der Waals surface area contributed by atoms with Crippen LogP contribution in [0, 0.1) is 5.82 Å². The smallest absolute Gasteiger partial charge is 0.307 e. The van der Waals surface area contributed by atoms with Crippen molar-refractivity contribution in [3.63, 3.8) is 0 Å². The second-order valence-electron chi connectivity index (χ2n) is 6.63. The Morgan fingerprint density at radius 3 is 2.54 bits per heavy atom. The normalized spacial score (nSPS) is 15.9. The van der Waals surface area contributed by atoms with E-state index in [1.807, 2.05) is 31.2 Å². The van der Waals surface area contributed by atoms with E-state index in [0.717, 1.165) is 41.9 Å². The Morgan fingerprint density at radius 2 is 1.82 bits per heavy atom. The number of carbonyl (C=O) groups excluding carboxylic acids is 2. The molecule has 0 N–H and O–H groups in total. The van der Waals surface area contributed by atoms with Crippen LogP contribution >= 0.6 is 0 Å². The van der Waals surface area contributed by atoms with Crippen LogP contribution in [0.1, 0.15) is 18.9 Å². The number of nitrogens with zero attached hydrogens (tertiary/aromatic N) is 1. The highest BCUT2D eigenvalue weighted by molar-refractivity contribution is 7.91. The largest absolute Gasteiger partial charge is 0.456 e. The van der Waals surface area contributed by atoms with Gasteiger partial charge in [-0.15, -0.1) is 0 Å². The number of benzene rings is 2. The van der Waals surface area contributed by atoms with Gasteiger partial charge in [0.25, 0.3) is 5.91 Å². The fourth-order valence-corrected chi connectivity index (χ4v) is 4.43. The minimum absolute atomic E-state index is 0.0394. The quantitative estimate of drug-likeness (QED) is 0.545. The van der Waals surface area contributed by atoms with Crippen molar-refractivity contribution in [3.8, 4) is 0 Å². The number of para-hydroxylation sites is 1. The van der Waals surface area contributed by atoms with Crippen LogP contribution in [-0.4, -0.2) is 38.7 Å². The van der Waals surface area contributed by atoms with Gasteiger partial charge in [0, 0.05) is 11.7 Å². The number of rotatable bonds is 6. The second-order valence-corrected chi connectivity index (χ2v) is 8.74. The van der Waals surface area contributed by atoms with Crippen LogP contribution in [-0.2, 0) is 30.6 Å². The standard InChI is InChI=1S/C20H20FNO5S/c1-14-12-15-4-2-3-5-18(15)22(14)19(23)13-27-20(24)10-11-28(25,26)17-8-6-16(21)7-9-17/h2-9,14H,10-13H2,1H3/t14-/m0/s1. The highest BCUT2D eigenvalue weighted by Crippen LogP contribution is 2.31. The van der Waals surface area contributed by atoms with E-state index >= 15 is 0 Å². The molecule has 2 aromatic rings. The molecule has 1 amide bonds. The van der Waals surface area contributed by atoms with Gasteiger partial charge in [-0.3, -0.25) is 9.59 Å². The zero-order chi connectivity index (χ0) is 20.3. The number of hydrogen-bond donors (Lipinski definition) is 0. The molecule has 0 aliphatic carbocycles. The van der Waals surface area contributed by atoms with Gasteiger partial charge in [-0.1, -0.05) is 18.2 Å². The molecule has 0 spiro atoms. The summed E-state index contributed by atoms with van der Waals surface area (Å²) in [7, 11) is -3.74. The van der Waals surface area contributed by atoms with Crippen LogP contribution < -0.4 is 4.90 Å². The molecular weight excluding hydrogens is 385 g/mol. The second kappa shape index (κ2) is 8.10. The first-order valence-corrected chi connectivity index (χ1v) is 10.5. The van der Waals surface area contributed by atoms with Crippen molar-refractivity contribution in [2.45, 2.75) is 30.7 Å². The van der Waals surface area contributed by atoms with Gasteiger partial charge in [0.15, 0.2) is 16.4 Å². The van der Waals surface area contributed by atoms with Crippen LogP contribution in [0.15, 0.2) is 53.4 Å². The first-order valence-electron chi connectivity index (χ1n) is 8.82. The number of carbonyl (C=O) groups is 2. The maximum atomic E-state index is 12.9. The SMILES string of the molecule is C[C@H]1Cc2ccccc2N1C(=O)COC(=O)CCS(=O)(=O)c1ccc(F)cc1. The number of ether oxygens (including phenoxy) is 1. The lowest BCUT2D eigenvalue weighted by Gasteiger charge is -2.22. The number of hydrogen-bond acceptors (Lipinski definition) is 5. The topological polar surface area (TPSA) is 80.8 Å². The minimum atomic E-state index is -3.74. The van der Waals surface area contributed by atoms with E-state index in [1.54, 1.807) is 4.90 Å². The van der Waals surface area contributed by atoms with Crippen molar-refractivity contribution in [3.05, 3.63) is 59.9 Å². The van der Waals surface area contributed by atoms with Gasteiger partial charge in [-0.2, -0.15) is 0 Å². The van der Waals surface area contributed by atoms with E-state index < -0.39 is 34.0 Å². The first kappa shape index (κ1) is 20.0. The zero-order valence-electron chi connectivity index (χ0n) is 15.3. The van der Waals surface area contributed by atoms with E-state index in [-0.39, 0.29) is 23.3 Å². The van der Waals surface area contributed by atoms with E-state index in [0.29, 0.717) is 0 Å². The third-order valence-electron chi connectivity index (χ3n) is 4.58. The van der Waals surface area contributed by atoms with E-state index in [9.17, 15) is 22.4 Å². The Bertz CT molecular complexity index is 988. The molecule has 0 saturated carbocycles. The van der Waals surface area contributed by atoms with Crippen LogP contribution in [0.4, 0.5) is 10.1 Å². The lowest BCUT2D eigenvalue weighted by molar-refractivity contribution is -0.147. The summed E-state index contributed by atoms with van der Waals surface area (Å²) < 4.78 is 42.2. The van der Waals surface area contributed by atoms with Crippen LogP contribution in [0.25, 0.3) is 0 Å². The Kier molecular flexibility index (Phi) is 5.79. The molecular formula is C20H20FNO5S. The average Bonchev–Trinajstić information content (AvgIpc) is 3.00. The summed E-state index contributed by atoms with van der Waals surface area (Å²) in [5, 5.41) is 0. The predicted octanol–water partition coefficient (Wildman–Crippen LogP) is 2.51. The molecule has 0 saturated heterocycles. The number of halogens is 1. The van der Waals surface area contributed by atoms with Crippen LogP contribution in [0.2, 0.25) is 0 Å². The van der Waals surface area contributed by atoms with Gasteiger partial charge in [0.1, 0.15) is 5.82 Å². The lowest BCUT2D eigenvalue weighted by atomic mass is 10.1. The fraction of sp³-hybridized carbons (Fsp3) is 0.300. The highest BCUT2D eigenvalue weighted by atomic mass is 32.2. The summed E-state index contributed by atoms with van der Waals surface area (Å²) in [6.07, 6.45) is 0.338. The van der Waals surface area contributed by atoms with Gasteiger partial charge in [0.05, 0.1) is 17.1 Å². The van der Waals surface area contributed by atoms with Crippen molar-refractivity contribution in [2.75, 3.05) is 17.3 Å². The summed E-state index contributed by atoms with van der Waals surface area (Å²) in [5.74, 6) is -2.16. The van der Waals surface area contributed by atoms with Gasteiger partial charge < -0.3 is 9.64 Å². The number of anilines is 1. The molecule has 0 bridgehead atoms. The van der Waals surface area contributed by atoms with Crippen LogP contribution in [0.3, 0.4) is 0 Å². The van der Waals surface area contributed by atoms with Crippen molar-refractivity contribution in [1.82, 2.24) is 0 Å². The Balaban J connectivity index is 1.53. The monoisotopic (exact) mass is 405 g/mol. The van der Waals surface area contributed by atoms with Crippen LogP contribution in [0.5, 0.6) is 0 Å². The molecule has 3 rings (SSSR count). The van der Waals surface area contributed by atoms with Gasteiger partial charge in [0.2, 0.25) is 0 Å². The molecule has 0 fully saturated rings. The van der Waals surface area contributed by atoms with Gasteiger partial charge in [-0.05, 0) is 49.2 Å². The zero-order valence-corrected chi connectivity index (χ0v) is 16.1. The molecule has 1 aliphatic rings. The maximum absolute atomic E-state index is 12.9. The van der Waals surface area contributed by atoms with Crippen molar-refractivity contribution in [2.24, 2.45) is 0 Å². The summed E-state index contributed by atoms with van der Waals surface area (Å²) in [4.78, 5) is 25.9. The average molecular weight is 405 g/mol. The molecule has 8 heteroatoms. The van der Waals surface area contributed by atoms with Crippen molar-refractivity contribution in [1.29, 1.82) is 0 Å². The van der Waals surface area contributed by atoms with Crippen molar-refractivity contribution < 1.29 is 27.1 Å². The molecule has 1 heterocycles. The molecule has 6 nitrogen and oxygen atoms in total. The van der Waals surface area contributed by atoms with Gasteiger partial charge in [-0.25, -0.2) is 12.8 Å². The Labute approximate surface area is 162 Å². The summed E-state index contributed by atoms with van der Waals surface area (Å²) in [5.41, 5.74) is 1.86. The molecule has 148 valence electrons. The first-order chi connectivity index (χ1) is 13.3. The molecule has 0 radical (unpaired) electrons. The minimum Gasteiger partial charge on any atom is -0.456 e. The summed E-state index contributed by atoms with van der Waals surface area (Å²) in [6.45, 7) is 1.46. The number of sulfone groups is 1. The lowest BCUT2D eigenvalue weighted by Crippen LogP contribution is -2.38. The fourth-order valence-electron chi connectivity index (χ4n) is 3.21. The number of esters is 1. The number of amides is 1. The molecule has 1 atom stereocenters. The molecule has 0 unspecified atom stereocenters. The third-order valence-corrected chi connectivity index (χ3v) is 6.31. The van der Waals surface area contributed by atoms with E-state index in [2.05, 4.69) is 0 Å². The Morgan fingerprint density at radius 1 is 1.14 bits per heavy atom. The van der Waals surface area contributed by atoms with Crippen molar-refractivity contribution >= 4 is 27.4 Å². The molecule has 2 aromatic carbocycles. The Hall–Kier alpha value is -2.74. The molecule has 28 heavy (non-hydrogen) atoms. The third kappa shape index (κ3) is 4.39. The highest BCUT2D eigenvalue weighted by Gasteiger charge is 2.31. The van der Waals surface area contributed by atoms with E-state index in [1.165, 1.54) is 0 Å². The summed E-state index contributed by atoms with van der Waals surface area (Å²) >= 11 is 0. The number of fused-ring (bicyclic) bond motifs is 1.